The molecule has 2 N–H and O–H groups in total. The molecule has 0 aliphatic carbocycles. The first-order chi connectivity index (χ1) is 8.47. The van der Waals surface area contributed by atoms with Gasteiger partial charge in [0, 0.05) is 17.8 Å². The monoisotopic (exact) mass is 251 g/mol. The van der Waals surface area contributed by atoms with E-state index in [0.717, 1.165) is 24.4 Å². The van der Waals surface area contributed by atoms with E-state index < -0.39 is 23.2 Å². The number of hydrogen-bond acceptors (Lipinski definition) is 2. The fourth-order valence-electron chi connectivity index (χ4n) is 1.53. The van der Waals surface area contributed by atoms with E-state index in [0.29, 0.717) is 6.07 Å². The standard InChI is InChI=1S/C12H7F2NO3/c13-8-1-6(2-9(14)4-8)10-3-7(12(17)18)5-15-11(10)16/h1-5H,(H,15,16)(H,17,18). The number of benzene rings is 1. The lowest BCUT2D eigenvalue weighted by molar-refractivity contribution is 0.0696. The summed E-state index contributed by atoms with van der Waals surface area (Å²) in [5.74, 6) is -2.93. The van der Waals surface area contributed by atoms with E-state index in [2.05, 4.69) is 4.98 Å². The average Bonchev–Trinajstić information content (AvgIpc) is 2.27. The zero-order valence-electron chi connectivity index (χ0n) is 8.91. The van der Waals surface area contributed by atoms with E-state index in [4.69, 9.17) is 5.11 Å². The Bertz CT molecular complexity index is 659. The van der Waals surface area contributed by atoms with Crippen molar-refractivity contribution in [2.75, 3.05) is 0 Å². The molecule has 0 bridgehead atoms. The van der Waals surface area contributed by atoms with E-state index in [1.165, 1.54) is 0 Å². The predicted molar refractivity (Wildman–Crippen MR) is 59.4 cm³/mol. The molecule has 1 aromatic heterocycles. The third kappa shape index (κ3) is 2.27. The smallest absolute Gasteiger partial charge is 0.337 e. The van der Waals surface area contributed by atoms with Gasteiger partial charge in [0.05, 0.1) is 5.56 Å². The Morgan fingerprint density at radius 3 is 2.28 bits per heavy atom. The van der Waals surface area contributed by atoms with E-state index in [9.17, 15) is 18.4 Å². The first-order valence-electron chi connectivity index (χ1n) is 4.90. The number of carbonyl (C=O) groups is 1. The van der Waals surface area contributed by atoms with Crippen molar-refractivity contribution >= 4 is 5.97 Å². The van der Waals surface area contributed by atoms with Crippen molar-refractivity contribution in [2.24, 2.45) is 0 Å². The summed E-state index contributed by atoms with van der Waals surface area (Å²) in [4.78, 5) is 24.5. The summed E-state index contributed by atoms with van der Waals surface area (Å²) in [6, 6.07) is 3.65. The third-order valence-electron chi connectivity index (χ3n) is 2.32. The molecule has 1 aromatic carbocycles. The Morgan fingerprint density at radius 1 is 1.11 bits per heavy atom. The van der Waals surface area contributed by atoms with Gasteiger partial charge in [-0.2, -0.15) is 0 Å². The van der Waals surface area contributed by atoms with Crippen molar-refractivity contribution in [3.8, 4) is 11.1 Å². The molecule has 2 rings (SSSR count). The molecule has 1 heterocycles. The Balaban J connectivity index is 2.66. The van der Waals surface area contributed by atoms with Crippen LogP contribution in [-0.4, -0.2) is 16.1 Å². The van der Waals surface area contributed by atoms with Crippen LogP contribution < -0.4 is 5.56 Å². The minimum absolute atomic E-state index is 0.0168. The number of carboxylic acid groups (broad SMARTS) is 1. The highest BCUT2D eigenvalue weighted by Crippen LogP contribution is 2.19. The van der Waals surface area contributed by atoms with E-state index in [-0.39, 0.29) is 16.7 Å². The summed E-state index contributed by atoms with van der Waals surface area (Å²) >= 11 is 0. The van der Waals surface area contributed by atoms with Crippen LogP contribution in [0, 0.1) is 11.6 Å². The van der Waals surface area contributed by atoms with Crippen LogP contribution in [0.25, 0.3) is 11.1 Å². The summed E-state index contributed by atoms with van der Waals surface area (Å²) in [5.41, 5.74) is -0.913. The molecule has 0 radical (unpaired) electrons. The van der Waals surface area contributed by atoms with Gasteiger partial charge in [-0.3, -0.25) is 4.79 Å². The third-order valence-corrected chi connectivity index (χ3v) is 2.32. The molecule has 0 spiro atoms. The lowest BCUT2D eigenvalue weighted by Gasteiger charge is -2.03. The molecule has 0 saturated carbocycles. The van der Waals surface area contributed by atoms with E-state index in [1.54, 1.807) is 0 Å². The molecule has 0 aliphatic rings. The number of aromatic nitrogens is 1. The largest absolute Gasteiger partial charge is 0.478 e. The van der Waals surface area contributed by atoms with E-state index in [1.807, 2.05) is 0 Å². The molecule has 0 aliphatic heterocycles. The Labute approximate surface area is 99.5 Å². The van der Waals surface area contributed by atoms with Gasteiger partial charge in [-0.05, 0) is 23.8 Å². The molecular weight excluding hydrogens is 244 g/mol. The van der Waals surface area contributed by atoms with Crippen LogP contribution >= 0.6 is 0 Å². The molecule has 92 valence electrons. The number of hydrogen-bond donors (Lipinski definition) is 2. The second-order valence-corrected chi connectivity index (χ2v) is 3.59. The van der Waals surface area contributed by atoms with Crippen LogP contribution in [0.5, 0.6) is 0 Å². The van der Waals surface area contributed by atoms with Crippen molar-refractivity contribution in [3.05, 3.63) is 58.0 Å². The molecule has 2 aromatic rings. The topological polar surface area (TPSA) is 70.2 Å². The van der Waals surface area contributed by atoms with Crippen LogP contribution in [0.15, 0.2) is 35.3 Å². The maximum atomic E-state index is 13.0. The van der Waals surface area contributed by atoms with Crippen molar-refractivity contribution in [2.45, 2.75) is 0 Å². The molecule has 0 saturated heterocycles. The summed E-state index contributed by atoms with van der Waals surface area (Å²) in [6.45, 7) is 0. The lowest BCUT2D eigenvalue weighted by Crippen LogP contribution is -2.11. The maximum absolute atomic E-state index is 13.0. The van der Waals surface area contributed by atoms with Crippen molar-refractivity contribution in [1.82, 2.24) is 4.98 Å². The fraction of sp³-hybridized carbons (Fsp3) is 0. The first kappa shape index (κ1) is 12.0. The number of aromatic carboxylic acids is 1. The zero-order chi connectivity index (χ0) is 13.3. The second-order valence-electron chi connectivity index (χ2n) is 3.59. The van der Waals surface area contributed by atoms with Gasteiger partial charge in [-0.25, -0.2) is 13.6 Å². The molecular formula is C12H7F2NO3. The van der Waals surface area contributed by atoms with Gasteiger partial charge in [-0.1, -0.05) is 0 Å². The Hall–Kier alpha value is -2.50. The molecule has 18 heavy (non-hydrogen) atoms. The molecule has 0 fully saturated rings. The molecule has 6 heteroatoms. The highest BCUT2D eigenvalue weighted by molar-refractivity contribution is 5.88. The van der Waals surface area contributed by atoms with E-state index >= 15 is 0 Å². The van der Waals surface area contributed by atoms with Crippen LogP contribution in [0.1, 0.15) is 10.4 Å². The number of carboxylic acids is 1. The zero-order valence-corrected chi connectivity index (χ0v) is 8.91. The quantitative estimate of drug-likeness (QED) is 0.857. The van der Waals surface area contributed by atoms with Gasteiger partial charge in [0.2, 0.25) is 0 Å². The number of rotatable bonds is 2. The normalized spacial score (nSPS) is 10.3. The van der Waals surface area contributed by atoms with Gasteiger partial charge in [0.25, 0.3) is 5.56 Å². The minimum Gasteiger partial charge on any atom is -0.478 e. The summed E-state index contributed by atoms with van der Waals surface area (Å²) in [6.07, 6.45) is 1.02. The first-order valence-corrected chi connectivity index (χ1v) is 4.90. The van der Waals surface area contributed by atoms with Gasteiger partial charge in [-0.15, -0.1) is 0 Å². The number of H-pyrrole nitrogens is 1. The van der Waals surface area contributed by atoms with Crippen LogP contribution in [-0.2, 0) is 0 Å². The number of halogens is 2. The van der Waals surface area contributed by atoms with Crippen molar-refractivity contribution in [1.29, 1.82) is 0 Å². The number of nitrogens with one attached hydrogen (secondary N) is 1. The molecule has 0 unspecified atom stereocenters. The number of aromatic amines is 1. The minimum atomic E-state index is -1.25. The Kier molecular flexibility index (Phi) is 2.93. The van der Waals surface area contributed by atoms with Crippen molar-refractivity contribution in [3.63, 3.8) is 0 Å². The highest BCUT2D eigenvalue weighted by atomic mass is 19.1. The van der Waals surface area contributed by atoms with Gasteiger partial charge in [0.1, 0.15) is 11.6 Å². The van der Waals surface area contributed by atoms with Gasteiger partial charge < -0.3 is 10.1 Å². The SMILES string of the molecule is O=C(O)c1c[nH]c(=O)c(-c2cc(F)cc(F)c2)c1. The van der Waals surface area contributed by atoms with Crippen LogP contribution in [0.2, 0.25) is 0 Å². The predicted octanol–water partition coefficient (Wildman–Crippen LogP) is 2.02. The summed E-state index contributed by atoms with van der Waals surface area (Å²) in [5, 5.41) is 8.79. The molecule has 4 nitrogen and oxygen atoms in total. The summed E-state index contributed by atoms with van der Waals surface area (Å²) < 4.78 is 26.1. The maximum Gasteiger partial charge on any atom is 0.337 e. The summed E-state index contributed by atoms with van der Waals surface area (Å²) in [7, 11) is 0. The molecule has 0 amide bonds. The van der Waals surface area contributed by atoms with Crippen molar-refractivity contribution < 1.29 is 18.7 Å². The Morgan fingerprint density at radius 2 is 1.72 bits per heavy atom. The number of pyridine rings is 1. The van der Waals surface area contributed by atoms with Crippen LogP contribution in [0.3, 0.4) is 0 Å². The lowest BCUT2D eigenvalue weighted by atomic mass is 10.1. The second kappa shape index (κ2) is 4.40. The van der Waals surface area contributed by atoms with Gasteiger partial charge >= 0.3 is 5.97 Å². The van der Waals surface area contributed by atoms with Crippen LogP contribution in [0.4, 0.5) is 8.78 Å². The fourth-order valence-corrected chi connectivity index (χ4v) is 1.53. The average molecular weight is 251 g/mol. The van der Waals surface area contributed by atoms with Gasteiger partial charge in [0.15, 0.2) is 0 Å². The molecule has 0 atom stereocenters. The highest BCUT2D eigenvalue weighted by Gasteiger charge is 2.11.